The van der Waals surface area contributed by atoms with E-state index in [4.69, 9.17) is 18.9 Å². The highest BCUT2D eigenvalue weighted by Crippen LogP contribution is 2.28. The summed E-state index contributed by atoms with van der Waals surface area (Å²) in [4.78, 5) is 18.1. The Morgan fingerprint density at radius 2 is 1.66 bits per heavy atom. The molecular formula is C26H35N3O7S2. The van der Waals surface area contributed by atoms with Crippen LogP contribution in [0.3, 0.4) is 0 Å². The van der Waals surface area contributed by atoms with Gasteiger partial charge in [0.2, 0.25) is 10.0 Å². The smallest absolute Gasteiger partial charge is 0.279 e. The second kappa shape index (κ2) is 14.5. The molecule has 1 heterocycles. The summed E-state index contributed by atoms with van der Waals surface area (Å²) in [6.45, 7) is 6.78. The van der Waals surface area contributed by atoms with Crippen molar-refractivity contribution in [2.24, 2.45) is 4.99 Å². The zero-order valence-electron chi connectivity index (χ0n) is 22.2. The summed E-state index contributed by atoms with van der Waals surface area (Å²) in [5, 5.41) is 0. The van der Waals surface area contributed by atoms with E-state index in [1.165, 1.54) is 54.1 Å². The van der Waals surface area contributed by atoms with Gasteiger partial charge in [0.1, 0.15) is 11.3 Å². The van der Waals surface area contributed by atoms with E-state index in [0.29, 0.717) is 36.9 Å². The third-order valence-corrected chi connectivity index (χ3v) is 8.61. The van der Waals surface area contributed by atoms with Gasteiger partial charge in [0.15, 0.2) is 4.80 Å². The van der Waals surface area contributed by atoms with Gasteiger partial charge in [-0.2, -0.15) is 9.30 Å². The van der Waals surface area contributed by atoms with Crippen LogP contribution in [0.1, 0.15) is 24.2 Å². The number of ether oxygens (including phenoxy) is 4. The molecular weight excluding hydrogens is 530 g/mol. The molecule has 1 amide bonds. The molecule has 1 aromatic heterocycles. The second-order valence-corrected chi connectivity index (χ2v) is 11.0. The van der Waals surface area contributed by atoms with Crippen LogP contribution in [0.2, 0.25) is 0 Å². The molecule has 0 atom stereocenters. The summed E-state index contributed by atoms with van der Waals surface area (Å²) in [7, 11) is -0.765. The number of benzene rings is 2. The monoisotopic (exact) mass is 565 g/mol. The molecule has 0 N–H and O–H groups in total. The molecule has 3 rings (SSSR count). The lowest BCUT2D eigenvalue weighted by Gasteiger charge is -2.21. The summed E-state index contributed by atoms with van der Waals surface area (Å²) >= 11 is 1.39. The number of hydrogen-bond donors (Lipinski definition) is 0. The number of amides is 1. The van der Waals surface area contributed by atoms with Crippen LogP contribution in [0.4, 0.5) is 0 Å². The Morgan fingerprint density at radius 3 is 2.26 bits per heavy atom. The molecule has 3 aromatic rings. The maximum Gasteiger partial charge on any atom is 0.279 e. The number of nitrogens with zero attached hydrogens (tertiary/aromatic N) is 3. The summed E-state index contributed by atoms with van der Waals surface area (Å²) < 4.78 is 52.0. The average Bonchev–Trinajstić information content (AvgIpc) is 3.26. The summed E-state index contributed by atoms with van der Waals surface area (Å²) in [5.74, 6) is 0.243. The van der Waals surface area contributed by atoms with Crippen molar-refractivity contribution in [2.45, 2.75) is 25.3 Å². The molecule has 0 saturated carbocycles. The molecule has 0 aliphatic carbocycles. The lowest BCUT2D eigenvalue weighted by molar-refractivity contribution is 0.0996. The number of carbonyl (C=O) groups is 1. The fourth-order valence-electron chi connectivity index (χ4n) is 3.77. The first-order valence-electron chi connectivity index (χ1n) is 12.4. The van der Waals surface area contributed by atoms with Crippen LogP contribution >= 0.6 is 11.3 Å². The number of rotatable bonds is 15. The van der Waals surface area contributed by atoms with Crippen LogP contribution in [0, 0.1) is 0 Å². The minimum atomic E-state index is -3.79. The first kappa shape index (κ1) is 29.9. The van der Waals surface area contributed by atoms with E-state index in [2.05, 4.69) is 4.99 Å². The number of carbonyl (C=O) groups excluding carboxylic acids is 1. The van der Waals surface area contributed by atoms with Gasteiger partial charge in [0, 0.05) is 46.0 Å². The maximum absolute atomic E-state index is 13.2. The average molecular weight is 566 g/mol. The zero-order chi connectivity index (χ0) is 27.5. The van der Waals surface area contributed by atoms with Crippen molar-refractivity contribution < 1.29 is 32.2 Å². The number of methoxy groups -OCH3 is 2. The van der Waals surface area contributed by atoms with Gasteiger partial charge in [-0.25, -0.2) is 8.42 Å². The Labute approximate surface area is 227 Å². The van der Waals surface area contributed by atoms with Crippen LogP contribution in [0.15, 0.2) is 52.4 Å². The van der Waals surface area contributed by atoms with Gasteiger partial charge < -0.3 is 23.5 Å². The number of para-hydroxylation sites is 1. The normalized spacial score (nSPS) is 12.5. The highest BCUT2D eigenvalue weighted by molar-refractivity contribution is 7.89. The van der Waals surface area contributed by atoms with Crippen LogP contribution in [-0.4, -0.2) is 83.5 Å². The van der Waals surface area contributed by atoms with Crippen molar-refractivity contribution in [3.05, 3.63) is 52.8 Å². The summed E-state index contributed by atoms with van der Waals surface area (Å²) in [6.07, 6.45) is 0. The molecule has 208 valence electrons. The van der Waals surface area contributed by atoms with Gasteiger partial charge in [-0.15, -0.1) is 0 Å². The number of fused-ring (bicyclic) bond motifs is 1. The zero-order valence-corrected chi connectivity index (χ0v) is 23.8. The predicted molar refractivity (Wildman–Crippen MR) is 146 cm³/mol. The predicted octanol–water partition coefficient (Wildman–Crippen LogP) is 3.16. The fourth-order valence-corrected chi connectivity index (χ4v) is 6.25. The van der Waals surface area contributed by atoms with Gasteiger partial charge in [0.25, 0.3) is 5.91 Å². The largest absolute Gasteiger partial charge is 0.492 e. The van der Waals surface area contributed by atoms with E-state index in [1.54, 1.807) is 0 Å². The van der Waals surface area contributed by atoms with Crippen LogP contribution in [-0.2, 0) is 30.8 Å². The molecule has 0 unspecified atom stereocenters. The molecule has 0 saturated heterocycles. The van der Waals surface area contributed by atoms with Crippen LogP contribution in [0.5, 0.6) is 5.75 Å². The van der Waals surface area contributed by atoms with Crippen molar-refractivity contribution in [3.63, 3.8) is 0 Å². The number of hydrogen-bond acceptors (Lipinski definition) is 8. The molecule has 0 fully saturated rings. The molecule has 12 heteroatoms. The van der Waals surface area contributed by atoms with E-state index in [-0.39, 0.29) is 36.8 Å². The molecule has 0 aliphatic heterocycles. The van der Waals surface area contributed by atoms with Crippen molar-refractivity contribution in [1.29, 1.82) is 0 Å². The van der Waals surface area contributed by atoms with Gasteiger partial charge in [-0.05, 0) is 50.2 Å². The Morgan fingerprint density at radius 1 is 0.974 bits per heavy atom. The van der Waals surface area contributed by atoms with E-state index < -0.39 is 15.9 Å². The Hall–Kier alpha value is -2.61. The Kier molecular flexibility index (Phi) is 11.4. The molecule has 0 spiro atoms. The van der Waals surface area contributed by atoms with E-state index in [9.17, 15) is 13.2 Å². The standard InChI is InChI=1S/C26H35N3O7S2/c1-5-35-19-16-29-24-22(36-6-2)8-7-9-23(24)37-26(29)27-25(30)20-10-12-21(13-11-20)38(31,32)28(14-17-33-3)15-18-34-4/h7-13H,5-6,14-19H2,1-4H3. The van der Waals surface area contributed by atoms with Crippen LogP contribution < -0.4 is 9.54 Å². The van der Waals surface area contributed by atoms with Gasteiger partial charge in [0.05, 0.1) is 36.0 Å². The highest BCUT2D eigenvalue weighted by Gasteiger charge is 2.24. The highest BCUT2D eigenvalue weighted by atomic mass is 32.2. The minimum absolute atomic E-state index is 0.0799. The third-order valence-electron chi connectivity index (χ3n) is 5.65. The van der Waals surface area contributed by atoms with Gasteiger partial charge >= 0.3 is 0 Å². The molecule has 2 aromatic carbocycles. The molecule has 10 nitrogen and oxygen atoms in total. The van der Waals surface area contributed by atoms with Gasteiger partial charge in [-0.1, -0.05) is 17.4 Å². The number of thiazole rings is 1. The minimum Gasteiger partial charge on any atom is -0.492 e. The molecule has 0 bridgehead atoms. The Bertz CT molecular complexity index is 1360. The first-order chi connectivity index (χ1) is 18.4. The summed E-state index contributed by atoms with van der Waals surface area (Å²) in [5.41, 5.74) is 1.14. The van der Waals surface area contributed by atoms with E-state index in [1.807, 2.05) is 36.6 Å². The summed E-state index contributed by atoms with van der Waals surface area (Å²) in [6, 6.07) is 11.6. The SMILES string of the molecule is CCOCCn1c(=NC(=O)c2ccc(S(=O)(=O)N(CCOC)CCOC)cc2)sc2cccc(OCC)c21. The lowest BCUT2D eigenvalue weighted by atomic mass is 10.2. The fraction of sp³-hybridized carbons (Fsp3) is 0.462. The molecule has 0 radical (unpaired) electrons. The van der Waals surface area contributed by atoms with Crippen molar-refractivity contribution in [1.82, 2.24) is 8.87 Å². The topological polar surface area (TPSA) is 109 Å². The third kappa shape index (κ3) is 7.28. The number of aromatic nitrogens is 1. The van der Waals surface area contributed by atoms with E-state index in [0.717, 1.165) is 10.2 Å². The van der Waals surface area contributed by atoms with Crippen LogP contribution in [0.25, 0.3) is 10.2 Å². The first-order valence-corrected chi connectivity index (χ1v) is 14.6. The molecule has 0 aliphatic rings. The van der Waals surface area contributed by atoms with Crippen molar-refractivity contribution >= 4 is 37.5 Å². The van der Waals surface area contributed by atoms with Crippen molar-refractivity contribution in [2.75, 3.05) is 60.3 Å². The molecule has 38 heavy (non-hydrogen) atoms. The number of sulfonamides is 1. The lowest BCUT2D eigenvalue weighted by Crippen LogP contribution is -2.36. The maximum atomic E-state index is 13.2. The quantitative estimate of drug-likeness (QED) is 0.261. The Balaban J connectivity index is 1.94. The van der Waals surface area contributed by atoms with E-state index >= 15 is 0 Å². The van der Waals surface area contributed by atoms with Crippen molar-refractivity contribution in [3.8, 4) is 5.75 Å². The second-order valence-electron chi connectivity index (χ2n) is 8.10. The van der Waals surface area contributed by atoms with Gasteiger partial charge in [-0.3, -0.25) is 4.79 Å².